The summed E-state index contributed by atoms with van der Waals surface area (Å²) in [6, 6.07) is 0. The summed E-state index contributed by atoms with van der Waals surface area (Å²) in [4.78, 5) is 18.0. The predicted octanol–water partition coefficient (Wildman–Crippen LogP) is 1.40. The fraction of sp³-hybridized carbons (Fsp3) is 0.615. The molecular formula is C13H19N5S. The monoisotopic (exact) mass is 277 g/mol. The lowest BCUT2D eigenvalue weighted by atomic mass is 10.3. The minimum Gasteiger partial charge on any atom is -0.348 e. The van der Waals surface area contributed by atoms with Crippen LogP contribution in [0.2, 0.25) is 0 Å². The van der Waals surface area contributed by atoms with Gasteiger partial charge in [0.05, 0.1) is 6.54 Å². The second-order valence-electron chi connectivity index (χ2n) is 5.09. The Bertz CT molecular complexity index is 464. The Labute approximate surface area is 118 Å². The van der Waals surface area contributed by atoms with Crippen molar-refractivity contribution in [3.63, 3.8) is 0 Å². The van der Waals surface area contributed by atoms with Gasteiger partial charge in [0.25, 0.3) is 0 Å². The molecule has 3 heterocycles. The molecule has 0 amide bonds. The van der Waals surface area contributed by atoms with E-state index in [2.05, 4.69) is 31.7 Å². The van der Waals surface area contributed by atoms with Crippen molar-refractivity contribution in [1.29, 1.82) is 0 Å². The lowest BCUT2D eigenvalue weighted by Crippen LogP contribution is -2.48. The van der Waals surface area contributed by atoms with E-state index in [-0.39, 0.29) is 0 Å². The first-order valence-corrected chi connectivity index (χ1v) is 7.60. The quantitative estimate of drug-likeness (QED) is 0.776. The predicted molar refractivity (Wildman–Crippen MR) is 79.9 cm³/mol. The summed E-state index contributed by atoms with van der Waals surface area (Å²) in [5.74, 6) is 0.847. The van der Waals surface area contributed by atoms with Crippen LogP contribution in [-0.4, -0.2) is 58.0 Å². The molecule has 1 aromatic rings. The summed E-state index contributed by atoms with van der Waals surface area (Å²) in [5, 5.41) is 1.85. The molecule has 5 nitrogen and oxygen atoms in total. The van der Waals surface area contributed by atoms with E-state index in [4.69, 9.17) is 0 Å². The van der Waals surface area contributed by atoms with E-state index in [1.54, 1.807) is 0 Å². The van der Waals surface area contributed by atoms with Gasteiger partial charge in [-0.05, 0) is 12.5 Å². The molecule has 2 aliphatic rings. The molecule has 0 N–H and O–H groups in total. The highest BCUT2D eigenvalue weighted by molar-refractivity contribution is 8.14. The van der Waals surface area contributed by atoms with E-state index < -0.39 is 0 Å². The molecule has 0 radical (unpaired) electrons. The van der Waals surface area contributed by atoms with Crippen LogP contribution < -0.4 is 4.90 Å². The average Bonchev–Trinajstić information content (AvgIpc) is 2.87. The first kappa shape index (κ1) is 12.7. The average molecular weight is 277 g/mol. The molecule has 1 unspecified atom stereocenters. The summed E-state index contributed by atoms with van der Waals surface area (Å²) in [7, 11) is 0. The fourth-order valence-electron chi connectivity index (χ4n) is 2.28. The van der Waals surface area contributed by atoms with Crippen molar-refractivity contribution < 1.29 is 0 Å². The zero-order valence-electron chi connectivity index (χ0n) is 11.4. The minimum absolute atomic E-state index is 0.633. The van der Waals surface area contributed by atoms with Crippen LogP contribution in [0.25, 0.3) is 0 Å². The lowest BCUT2D eigenvalue weighted by Gasteiger charge is -2.35. The number of aryl methyl sites for hydroxylation is 1. The first-order valence-electron chi connectivity index (χ1n) is 6.72. The number of aliphatic imine (C=N–C) groups is 1. The van der Waals surface area contributed by atoms with Gasteiger partial charge in [-0.3, -0.25) is 4.99 Å². The maximum Gasteiger partial charge on any atom is 0.225 e. The Morgan fingerprint density at radius 2 is 1.74 bits per heavy atom. The molecule has 6 heteroatoms. The van der Waals surface area contributed by atoms with Crippen LogP contribution in [0.5, 0.6) is 0 Å². The maximum atomic E-state index is 4.61. The van der Waals surface area contributed by atoms with Gasteiger partial charge in [-0.1, -0.05) is 18.7 Å². The van der Waals surface area contributed by atoms with Crippen molar-refractivity contribution in [2.45, 2.75) is 19.1 Å². The second kappa shape index (κ2) is 5.36. The van der Waals surface area contributed by atoms with E-state index in [1.165, 1.54) is 5.17 Å². The van der Waals surface area contributed by atoms with Crippen molar-refractivity contribution >= 4 is 22.9 Å². The van der Waals surface area contributed by atoms with Crippen molar-refractivity contribution in [3.8, 4) is 0 Å². The van der Waals surface area contributed by atoms with E-state index in [1.807, 2.05) is 31.1 Å². The van der Waals surface area contributed by atoms with E-state index >= 15 is 0 Å². The van der Waals surface area contributed by atoms with Gasteiger partial charge in [-0.2, -0.15) is 0 Å². The molecular weight excluding hydrogens is 258 g/mol. The Morgan fingerprint density at radius 3 is 2.32 bits per heavy atom. The zero-order valence-corrected chi connectivity index (χ0v) is 12.2. The second-order valence-corrected chi connectivity index (χ2v) is 6.49. The number of hydrogen-bond acceptors (Lipinski definition) is 6. The van der Waals surface area contributed by atoms with Gasteiger partial charge in [0, 0.05) is 43.8 Å². The van der Waals surface area contributed by atoms with Gasteiger partial charge in [0.15, 0.2) is 5.17 Å². The van der Waals surface area contributed by atoms with Gasteiger partial charge in [-0.25, -0.2) is 9.97 Å². The van der Waals surface area contributed by atoms with Crippen molar-refractivity contribution in [2.75, 3.05) is 37.6 Å². The van der Waals surface area contributed by atoms with Crippen LogP contribution in [0, 0.1) is 6.92 Å². The van der Waals surface area contributed by atoms with E-state index in [9.17, 15) is 0 Å². The minimum atomic E-state index is 0.633. The molecule has 1 saturated heterocycles. The summed E-state index contributed by atoms with van der Waals surface area (Å²) in [6.07, 6.45) is 3.76. The number of thioether (sulfide) groups is 1. The number of amidine groups is 1. The largest absolute Gasteiger partial charge is 0.348 e. The standard InChI is InChI=1S/C13H19N5S/c1-10-7-14-12(15-8-10)17-3-5-18(6-4-17)13-16-9-11(2)19-13/h7-8,11H,3-6,9H2,1-2H3. The number of piperazine rings is 1. The van der Waals surface area contributed by atoms with Crippen LogP contribution >= 0.6 is 11.8 Å². The molecule has 2 aliphatic heterocycles. The van der Waals surface area contributed by atoms with Gasteiger partial charge in [0.2, 0.25) is 5.95 Å². The van der Waals surface area contributed by atoms with Crippen LogP contribution in [0.3, 0.4) is 0 Å². The van der Waals surface area contributed by atoms with Crippen molar-refractivity contribution in [3.05, 3.63) is 18.0 Å². The highest BCUT2D eigenvalue weighted by Gasteiger charge is 2.25. The van der Waals surface area contributed by atoms with Gasteiger partial charge in [0.1, 0.15) is 0 Å². The van der Waals surface area contributed by atoms with Crippen LogP contribution in [0.1, 0.15) is 12.5 Å². The molecule has 19 heavy (non-hydrogen) atoms. The highest BCUT2D eigenvalue weighted by Crippen LogP contribution is 2.24. The normalized spacial score (nSPS) is 23.7. The first-order chi connectivity index (χ1) is 9.22. The van der Waals surface area contributed by atoms with Gasteiger partial charge < -0.3 is 9.80 Å². The van der Waals surface area contributed by atoms with Crippen molar-refractivity contribution in [2.24, 2.45) is 4.99 Å². The summed E-state index contributed by atoms with van der Waals surface area (Å²) < 4.78 is 0. The molecule has 0 saturated carbocycles. The molecule has 0 bridgehead atoms. The SMILES string of the molecule is Cc1cnc(N2CCN(C3=NCC(C)S3)CC2)nc1. The maximum absolute atomic E-state index is 4.61. The van der Waals surface area contributed by atoms with Crippen LogP contribution in [0.4, 0.5) is 5.95 Å². The van der Waals surface area contributed by atoms with Crippen LogP contribution in [-0.2, 0) is 0 Å². The molecule has 1 aromatic heterocycles. The number of anilines is 1. The zero-order chi connectivity index (χ0) is 13.2. The third-order valence-corrected chi connectivity index (χ3v) is 4.54. The lowest BCUT2D eigenvalue weighted by molar-refractivity contribution is 0.389. The van der Waals surface area contributed by atoms with Gasteiger partial charge in [-0.15, -0.1) is 0 Å². The number of rotatable bonds is 1. The summed E-state index contributed by atoms with van der Waals surface area (Å²) in [6.45, 7) is 9.16. The van der Waals surface area contributed by atoms with Crippen molar-refractivity contribution in [1.82, 2.24) is 14.9 Å². The third-order valence-electron chi connectivity index (χ3n) is 3.39. The van der Waals surface area contributed by atoms with Crippen LogP contribution in [0.15, 0.2) is 17.4 Å². The van der Waals surface area contributed by atoms with E-state index in [0.717, 1.165) is 44.2 Å². The molecule has 0 aromatic carbocycles. The smallest absolute Gasteiger partial charge is 0.225 e. The molecule has 1 atom stereocenters. The van der Waals surface area contributed by atoms with E-state index in [0.29, 0.717) is 5.25 Å². The summed E-state index contributed by atoms with van der Waals surface area (Å²) in [5.41, 5.74) is 1.10. The molecule has 3 rings (SSSR count). The molecule has 0 spiro atoms. The topological polar surface area (TPSA) is 44.6 Å². The van der Waals surface area contributed by atoms with Gasteiger partial charge >= 0.3 is 0 Å². The number of nitrogens with zero attached hydrogens (tertiary/aromatic N) is 5. The Hall–Kier alpha value is -1.30. The highest BCUT2D eigenvalue weighted by atomic mass is 32.2. The Kier molecular flexibility index (Phi) is 3.59. The molecule has 1 fully saturated rings. The Morgan fingerprint density at radius 1 is 1.11 bits per heavy atom. The summed E-state index contributed by atoms with van der Waals surface area (Å²) >= 11 is 1.90. The Balaban J connectivity index is 1.59. The molecule has 0 aliphatic carbocycles. The number of aromatic nitrogens is 2. The third kappa shape index (κ3) is 2.83. The molecule has 102 valence electrons. The fourth-order valence-corrected chi connectivity index (χ4v) is 3.27. The number of hydrogen-bond donors (Lipinski definition) is 0.